The summed E-state index contributed by atoms with van der Waals surface area (Å²) in [5.41, 5.74) is 3.28. The molecule has 0 radical (unpaired) electrons. The van der Waals surface area contributed by atoms with Gasteiger partial charge in [-0.05, 0) is 31.5 Å². The molecular weight excluding hydrogens is 325 g/mol. The van der Waals surface area contributed by atoms with Crippen molar-refractivity contribution < 1.29 is 19.1 Å². The zero-order chi connectivity index (χ0) is 18.3. The Balaban J connectivity index is 2.01. The van der Waals surface area contributed by atoms with Gasteiger partial charge in [-0.1, -0.05) is 12.1 Å². The van der Waals surface area contributed by atoms with Crippen molar-refractivity contribution in [3.63, 3.8) is 0 Å². The number of hydrogen-bond acceptors (Lipinski definition) is 3. The second kappa shape index (κ2) is 6.31. The number of halogens is 1. The molecule has 3 rings (SSSR count). The third-order valence-electron chi connectivity index (χ3n) is 4.95. The first kappa shape index (κ1) is 17.1. The summed E-state index contributed by atoms with van der Waals surface area (Å²) in [5.74, 6) is -2.49. The van der Waals surface area contributed by atoms with Crippen LogP contribution in [0.3, 0.4) is 0 Å². The van der Waals surface area contributed by atoms with Crippen molar-refractivity contribution in [3.05, 3.63) is 52.6 Å². The van der Waals surface area contributed by atoms with Gasteiger partial charge in [0.2, 0.25) is 5.91 Å². The van der Waals surface area contributed by atoms with Crippen molar-refractivity contribution in [2.24, 2.45) is 13.0 Å². The second-order valence-corrected chi connectivity index (χ2v) is 6.44. The lowest BCUT2D eigenvalue weighted by atomic mass is 9.93. The fourth-order valence-electron chi connectivity index (χ4n) is 3.49. The molecular formula is C18H20FN3O3. The van der Waals surface area contributed by atoms with Crippen LogP contribution in [-0.4, -0.2) is 31.7 Å². The molecule has 1 aliphatic heterocycles. The van der Waals surface area contributed by atoms with Gasteiger partial charge in [-0.15, -0.1) is 0 Å². The number of aliphatic carboxylic acids is 1. The zero-order valence-corrected chi connectivity index (χ0v) is 14.4. The normalized spacial score (nSPS) is 20.3. The lowest BCUT2D eigenvalue weighted by Gasteiger charge is -2.27. The minimum absolute atomic E-state index is 0.0598. The lowest BCUT2D eigenvalue weighted by molar-refractivity contribution is -0.142. The summed E-state index contributed by atoms with van der Waals surface area (Å²) in [7, 11) is 1.83. The molecule has 6 nitrogen and oxygen atoms in total. The van der Waals surface area contributed by atoms with Crippen molar-refractivity contribution in [2.75, 3.05) is 0 Å². The van der Waals surface area contributed by atoms with Gasteiger partial charge in [0.05, 0.1) is 17.7 Å². The number of carbonyl (C=O) groups is 2. The van der Waals surface area contributed by atoms with Crippen molar-refractivity contribution in [3.8, 4) is 0 Å². The first-order valence-corrected chi connectivity index (χ1v) is 8.06. The summed E-state index contributed by atoms with van der Waals surface area (Å²) in [6.07, 6.45) is -0.0598. The molecule has 1 aromatic carbocycles. The fraction of sp³-hybridized carbons (Fsp3) is 0.389. The van der Waals surface area contributed by atoms with Gasteiger partial charge in [-0.3, -0.25) is 14.3 Å². The Morgan fingerprint density at radius 1 is 1.32 bits per heavy atom. The van der Waals surface area contributed by atoms with E-state index in [0.29, 0.717) is 5.56 Å². The summed E-state index contributed by atoms with van der Waals surface area (Å²) in [5, 5.41) is 13.9. The van der Waals surface area contributed by atoms with E-state index in [-0.39, 0.29) is 18.9 Å². The molecule has 7 heteroatoms. The van der Waals surface area contributed by atoms with Crippen LogP contribution < -0.4 is 0 Å². The first-order chi connectivity index (χ1) is 11.8. The summed E-state index contributed by atoms with van der Waals surface area (Å²) in [6, 6.07) is 5.05. The maximum absolute atomic E-state index is 13.3. The van der Waals surface area contributed by atoms with E-state index in [1.54, 1.807) is 21.7 Å². The highest BCUT2D eigenvalue weighted by Crippen LogP contribution is 2.39. The highest BCUT2D eigenvalue weighted by molar-refractivity contribution is 5.87. The van der Waals surface area contributed by atoms with Gasteiger partial charge in [-0.25, -0.2) is 4.39 Å². The van der Waals surface area contributed by atoms with Gasteiger partial charge in [0.15, 0.2) is 0 Å². The largest absolute Gasteiger partial charge is 0.481 e. The van der Waals surface area contributed by atoms with Crippen molar-refractivity contribution in [2.45, 2.75) is 32.9 Å². The highest BCUT2D eigenvalue weighted by atomic mass is 19.1. The summed E-state index contributed by atoms with van der Waals surface area (Å²) in [6.45, 7) is 4.07. The molecule has 0 aliphatic carbocycles. The predicted molar refractivity (Wildman–Crippen MR) is 88.1 cm³/mol. The molecule has 1 amide bonds. The van der Waals surface area contributed by atoms with Gasteiger partial charge in [0.25, 0.3) is 0 Å². The molecule has 1 saturated heterocycles. The number of aromatic nitrogens is 2. The fourth-order valence-corrected chi connectivity index (χ4v) is 3.49. The number of benzene rings is 1. The number of rotatable bonds is 4. The van der Waals surface area contributed by atoms with E-state index in [9.17, 15) is 19.1 Å². The number of aryl methyl sites for hydroxylation is 2. The molecule has 0 saturated carbocycles. The Hall–Kier alpha value is -2.70. The molecule has 0 bridgehead atoms. The number of likely N-dealkylation sites (tertiary alicyclic amines) is 1. The van der Waals surface area contributed by atoms with E-state index in [1.165, 1.54) is 12.1 Å². The average Bonchev–Trinajstić information content (AvgIpc) is 3.00. The number of carboxylic acids is 1. The molecule has 2 heterocycles. The number of carboxylic acid groups (broad SMARTS) is 1. The highest BCUT2D eigenvalue weighted by Gasteiger charge is 2.45. The molecule has 132 valence electrons. The van der Waals surface area contributed by atoms with Crippen LogP contribution in [0.25, 0.3) is 0 Å². The Bertz CT molecular complexity index is 829. The van der Waals surface area contributed by atoms with Gasteiger partial charge >= 0.3 is 5.97 Å². The van der Waals surface area contributed by atoms with Crippen LogP contribution in [0.15, 0.2) is 24.3 Å². The van der Waals surface area contributed by atoms with Gasteiger partial charge in [0, 0.05) is 31.3 Å². The molecule has 0 spiro atoms. The smallest absolute Gasteiger partial charge is 0.309 e. The molecule has 1 fully saturated rings. The van der Waals surface area contributed by atoms with Gasteiger partial charge in [-0.2, -0.15) is 5.10 Å². The molecule has 25 heavy (non-hydrogen) atoms. The predicted octanol–water partition coefficient (Wildman–Crippen LogP) is 2.35. The van der Waals surface area contributed by atoms with Crippen LogP contribution in [0.4, 0.5) is 4.39 Å². The summed E-state index contributed by atoms with van der Waals surface area (Å²) in [4.78, 5) is 25.8. The number of carbonyl (C=O) groups excluding carboxylic acids is 1. The van der Waals surface area contributed by atoms with E-state index in [4.69, 9.17) is 0 Å². The standard InChI is InChI=1S/C18H20FN3O3/c1-10-15(11(2)21(3)20-10)9-22-16(23)8-14(18(24)25)17(22)12-4-6-13(19)7-5-12/h4-7,14,17H,8-9H2,1-3H3,(H,24,25)/t14-,17+/m1/s1. The Kier molecular flexibility index (Phi) is 4.32. The van der Waals surface area contributed by atoms with Crippen molar-refractivity contribution >= 4 is 11.9 Å². The molecule has 1 aromatic heterocycles. The second-order valence-electron chi connectivity index (χ2n) is 6.44. The first-order valence-electron chi connectivity index (χ1n) is 8.06. The van der Waals surface area contributed by atoms with Crippen LogP contribution in [0.5, 0.6) is 0 Å². The Labute approximate surface area is 144 Å². The third-order valence-corrected chi connectivity index (χ3v) is 4.95. The van der Waals surface area contributed by atoms with Crippen molar-refractivity contribution in [1.29, 1.82) is 0 Å². The maximum Gasteiger partial charge on any atom is 0.309 e. The van der Waals surface area contributed by atoms with Gasteiger partial charge < -0.3 is 10.0 Å². The minimum atomic E-state index is -1.02. The molecule has 1 N–H and O–H groups in total. The van der Waals surface area contributed by atoms with Crippen molar-refractivity contribution in [1.82, 2.24) is 14.7 Å². The number of amides is 1. The quantitative estimate of drug-likeness (QED) is 0.923. The maximum atomic E-state index is 13.3. The molecule has 2 aromatic rings. The van der Waals surface area contributed by atoms with E-state index in [1.807, 2.05) is 20.9 Å². The van der Waals surface area contributed by atoms with Crippen LogP contribution >= 0.6 is 0 Å². The van der Waals surface area contributed by atoms with Crippen LogP contribution in [0.2, 0.25) is 0 Å². The lowest BCUT2D eigenvalue weighted by Crippen LogP contribution is -2.30. The number of nitrogens with zero attached hydrogens (tertiary/aromatic N) is 3. The monoisotopic (exact) mass is 345 g/mol. The van der Waals surface area contributed by atoms with Crippen LogP contribution in [0, 0.1) is 25.6 Å². The zero-order valence-electron chi connectivity index (χ0n) is 14.4. The van der Waals surface area contributed by atoms with Gasteiger partial charge in [0.1, 0.15) is 5.82 Å². The summed E-state index contributed by atoms with van der Waals surface area (Å²) >= 11 is 0. The third kappa shape index (κ3) is 3.01. The van der Waals surface area contributed by atoms with E-state index in [0.717, 1.165) is 17.0 Å². The molecule has 1 aliphatic rings. The van der Waals surface area contributed by atoms with E-state index in [2.05, 4.69) is 5.10 Å². The molecule has 0 unspecified atom stereocenters. The Morgan fingerprint density at radius 3 is 2.48 bits per heavy atom. The number of hydrogen-bond donors (Lipinski definition) is 1. The van der Waals surface area contributed by atoms with E-state index >= 15 is 0 Å². The molecule has 2 atom stereocenters. The average molecular weight is 345 g/mol. The van der Waals surface area contributed by atoms with E-state index < -0.39 is 23.7 Å². The van der Waals surface area contributed by atoms with Crippen LogP contribution in [0.1, 0.15) is 35.0 Å². The minimum Gasteiger partial charge on any atom is -0.481 e. The Morgan fingerprint density at radius 2 is 1.96 bits per heavy atom. The SMILES string of the molecule is Cc1nn(C)c(C)c1CN1C(=O)C[C@@H](C(=O)O)[C@@H]1c1ccc(F)cc1. The van der Waals surface area contributed by atoms with Crippen LogP contribution in [-0.2, 0) is 23.2 Å². The topological polar surface area (TPSA) is 75.4 Å². The summed E-state index contributed by atoms with van der Waals surface area (Å²) < 4.78 is 15.0.